The Hall–Kier alpha value is -3.55. The number of ether oxygens (including phenoxy) is 2. The topological polar surface area (TPSA) is 85.7 Å². The summed E-state index contributed by atoms with van der Waals surface area (Å²) in [6, 6.07) is 17.2. The van der Waals surface area contributed by atoms with E-state index in [1.165, 1.54) is 13.3 Å². The molecule has 0 bridgehead atoms. The molecule has 162 valence electrons. The highest BCUT2D eigenvalue weighted by molar-refractivity contribution is 6.31. The Bertz CT molecular complexity index is 1440. The quantitative estimate of drug-likeness (QED) is 0.422. The zero-order chi connectivity index (χ0) is 22.7. The van der Waals surface area contributed by atoms with Crippen LogP contribution in [0.2, 0.25) is 10.0 Å². The first-order chi connectivity index (χ1) is 15.5. The van der Waals surface area contributed by atoms with Gasteiger partial charge >= 0.3 is 5.69 Å². The molecule has 0 saturated heterocycles. The highest BCUT2D eigenvalue weighted by Crippen LogP contribution is 2.35. The summed E-state index contributed by atoms with van der Waals surface area (Å²) in [6.45, 7) is 0.162. The summed E-state index contributed by atoms with van der Waals surface area (Å²) < 4.78 is 12.1. The van der Waals surface area contributed by atoms with E-state index in [1.54, 1.807) is 42.5 Å². The van der Waals surface area contributed by atoms with E-state index in [-0.39, 0.29) is 6.61 Å². The van der Waals surface area contributed by atoms with Gasteiger partial charge in [-0.1, -0.05) is 53.5 Å². The van der Waals surface area contributed by atoms with E-state index in [0.717, 1.165) is 10.2 Å². The van der Waals surface area contributed by atoms with Crippen LogP contribution in [-0.2, 0) is 6.61 Å². The Kier molecular flexibility index (Phi) is 6.30. The van der Waals surface area contributed by atoms with Crippen LogP contribution < -0.4 is 20.7 Å². The first kappa shape index (κ1) is 21.7. The maximum Gasteiger partial charge on any atom is 0.349 e. The second kappa shape index (κ2) is 9.30. The highest BCUT2D eigenvalue weighted by Gasteiger charge is 2.14. The molecule has 0 atom stereocenters. The molecule has 0 amide bonds. The van der Waals surface area contributed by atoms with Crippen molar-refractivity contribution in [2.45, 2.75) is 6.61 Å². The van der Waals surface area contributed by atoms with E-state index in [1.807, 2.05) is 18.2 Å². The van der Waals surface area contributed by atoms with Gasteiger partial charge in [-0.2, -0.15) is 5.10 Å². The standard InChI is InChI=1S/C23H17Cl2N3O4/c1-31-20-11-16(24)10-15(21(20)32-13-14-6-2-4-8-18(14)25)12-26-28-22(29)17-7-3-5-9-19(17)27-23(28)30/h2-12H,13H2,1H3,(H,27,30). The van der Waals surface area contributed by atoms with E-state index in [0.29, 0.717) is 38.0 Å². The fraction of sp³-hybridized carbons (Fsp3) is 0.0870. The Morgan fingerprint density at radius 1 is 1.06 bits per heavy atom. The van der Waals surface area contributed by atoms with Crippen LogP contribution in [0.25, 0.3) is 10.9 Å². The number of rotatable bonds is 6. The van der Waals surface area contributed by atoms with Gasteiger partial charge in [-0.15, -0.1) is 4.68 Å². The first-order valence-corrected chi connectivity index (χ1v) is 10.3. The summed E-state index contributed by atoms with van der Waals surface area (Å²) in [7, 11) is 1.48. The number of nitrogens with one attached hydrogen (secondary N) is 1. The van der Waals surface area contributed by atoms with Crippen molar-refractivity contribution in [3.8, 4) is 11.5 Å². The number of hydrogen-bond donors (Lipinski definition) is 1. The number of halogens is 2. The first-order valence-electron chi connectivity index (χ1n) is 9.50. The number of aromatic nitrogens is 2. The number of methoxy groups -OCH3 is 1. The van der Waals surface area contributed by atoms with Crippen molar-refractivity contribution in [1.29, 1.82) is 0 Å². The number of benzene rings is 3. The summed E-state index contributed by atoms with van der Waals surface area (Å²) in [6.07, 6.45) is 1.32. The molecule has 32 heavy (non-hydrogen) atoms. The van der Waals surface area contributed by atoms with Gasteiger partial charge in [0.15, 0.2) is 11.5 Å². The maximum atomic E-state index is 12.7. The van der Waals surface area contributed by atoms with Crippen LogP contribution in [0.15, 0.2) is 75.4 Å². The average Bonchev–Trinajstić information content (AvgIpc) is 2.78. The predicted molar refractivity (Wildman–Crippen MR) is 126 cm³/mol. The zero-order valence-electron chi connectivity index (χ0n) is 16.8. The summed E-state index contributed by atoms with van der Waals surface area (Å²) in [5, 5.41) is 5.36. The van der Waals surface area contributed by atoms with E-state index in [4.69, 9.17) is 32.7 Å². The number of hydrogen-bond acceptors (Lipinski definition) is 5. The normalized spacial score (nSPS) is 11.2. The van der Waals surface area contributed by atoms with Gasteiger partial charge < -0.3 is 14.5 Å². The van der Waals surface area contributed by atoms with Gasteiger partial charge in [-0.3, -0.25) is 4.79 Å². The number of aromatic amines is 1. The minimum absolute atomic E-state index is 0.162. The molecule has 1 heterocycles. The highest BCUT2D eigenvalue weighted by atomic mass is 35.5. The lowest BCUT2D eigenvalue weighted by Gasteiger charge is -2.14. The third-order valence-corrected chi connectivity index (χ3v) is 5.28. The molecule has 4 rings (SSSR count). The molecular formula is C23H17Cl2N3O4. The molecule has 7 nitrogen and oxygen atoms in total. The molecule has 0 aliphatic rings. The minimum Gasteiger partial charge on any atom is -0.493 e. The Morgan fingerprint density at radius 2 is 1.81 bits per heavy atom. The summed E-state index contributed by atoms with van der Waals surface area (Å²) >= 11 is 12.4. The number of fused-ring (bicyclic) bond motifs is 1. The van der Waals surface area contributed by atoms with Crippen molar-refractivity contribution in [2.75, 3.05) is 7.11 Å². The smallest absolute Gasteiger partial charge is 0.349 e. The molecule has 0 unspecified atom stereocenters. The zero-order valence-corrected chi connectivity index (χ0v) is 18.4. The molecule has 0 saturated carbocycles. The second-order valence-electron chi connectivity index (χ2n) is 6.74. The molecule has 1 N–H and O–H groups in total. The van der Waals surface area contributed by atoms with Crippen molar-refractivity contribution in [3.63, 3.8) is 0 Å². The van der Waals surface area contributed by atoms with Crippen molar-refractivity contribution < 1.29 is 9.47 Å². The molecule has 0 aliphatic carbocycles. The molecule has 0 fully saturated rings. The van der Waals surface area contributed by atoms with Gasteiger partial charge in [0.05, 0.1) is 24.2 Å². The number of para-hydroxylation sites is 1. The third-order valence-electron chi connectivity index (χ3n) is 4.69. The van der Waals surface area contributed by atoms with Crippen LogP contribution in [0.3, 0.4) is 0 Å². The fourth-order valence-electron chi connectivity index (χ4n) is 3.13. The number of H-pyrrole nitrogens is 1. The molecule has 3 aromatic carbocycles. The Morgan fingerprint density at radius 3 is 2.59 bits per heavy atom. The summed E-state index contributed by atoms with van der Waals surface area (Å²) in [4.78, 5) is 27.8. The maximum absolute atomic E-state index is 12.7. The SMILES string of the molecule is COc1cc(Cl)cc(C=Nn2c(=O)[nH]c3ccccc3c2=O)c1OCc1ccccc1Cl. The lowest BCUT2D eigenvalue weighted by molar-refractivity contribution is 0.284. The van der Waals surface area contributed by atoms with Gasteiger partial charge in [0.25, 0.3) is 5.56 Å². The van der Waals surface area contributed by atoms with E-state index in [2.05, 4.69) is 10.1 Å². The van der Waals surface area contributed by atoms with Crippen LogP contribution in [-0.4, -0.2) is 23.0 Å². The molecule has 0 spiro atoms. The van der Waals surface area contributed by atoms with Gasteiger partial charge in [0, 0.05) is 27.2 Å². The lowest BCUT2D eigenvalue weighted by atomic mass is 10.2. The second-order valence-corrected chi connectivity index (χ2v) is 7.59. The van der Waals surface area contributed by atoms with Crippen molar-refractivity contribution >= 4 is 40.3 Å². The minimum atomic E-state index is -0.669. The van der Waals surface area contributed by atoms with Gasteiger partial charge in [0.1, 0.15) is 6.61 Å². The van der Waals surface area contributed by atoms with E-state index < -0.39 is 11.2 Å². The summed E-state index contributed by atoms with van der Waals surface area (Å²) in [5.74, 6) is 0.705. The molecular weight excluding hydrogens is 453 g/mol. The average molecular weight is 470 g/mol. The number of nitrogens with zero attached hydrogens (tertiary/aromatic N) is 2. The van der Waals surface area contributed by atoms with Gasteiger partial charge in [-0.05, 0) is 24.3 Å². The van der Waals surface area contributed by atoms with E-state index in [9.17, 15) is 9.59 Å². The van der Waals surface area contributed by atoms with Crippen LogP contribution >= 0.6 is 23.2 Å². The largest absolute Gasteiger partial charge is 0.493 e. The van der Waals surface area contributed by atoms with Crippen LogP contribution in [0.5, 0.6) is 11.5 Å². The molecule has 4 aromatic rings. The monoisotopic (exact) mass is 469 g/mol. The van der Waals surface area contributed by atoms with Crippen LogP contribution in [0, 0.1) is 0 Å². The van der Waals surface area contributed by atoms with Crippen molar-refractivity contribution in [1.82, 2.24) is 9.66 Å². The lowest BCUT2D eigenvalue weighted by Crippen LogP contribution is -2.32. The molecule has 0 aliphatic heterocycles. The van der Waals surface area contributed by atoms with Crippen molar-refractivity contribution in [2.24, 2.45) is 5.10 Å². The van der Waals surface area contributed by atoms with Gasteiger partial charge in [0.2, 0.25) is 0 Å². The van der Waals surface area contributed by atoms with Crippen LogP contribution in [0.1, 0.15) is 11.1 Å². The Balaban J connectivity index is 1.75. The fourth-order valence-corrected chi connectivity index (χ4v) is 3.54. The third kappa shape index (κ3) is 4.39. The Labute approximate surface area is 192 Å². The summed E-state index contributed by atoms with van der Waals surface area (Å²) in [5.41, 5.74) is 0.407. The van der Waals surface area contributed by atoms with E-state index >= 15 is 0 Å². The predicted octanol–water partition coefficient (Wildman–Crippen LogP) is 4.47. The van der Waals surface area contributed by atoms with Gasteiger partial charge in [-0.25, -0.2) is 4.79 Å². The molecule has 1 aromatic heterocycles. The molecule has 0 radical (unpaired) electrons. The van der Waals surface area contributed by atoms with Crippen LogP contribution in [0.4, 0.5) is 0 Å². The molecule has 9 heteroatoms. The van der Waals surface area contributed by atoms with Crippen molar-refractivity contribution in [3.05, 3.63) is 103 Å².